The number of anilines is 3. The van der Waals surface area contributed by atoms with E-state index in [0.717, 1.165) is 18.8 Å². The number of amides is 2. The number of carbonyl (C=O) groups is 2. The molecule has 0 aliphatic carbocycles. The fraction of sp³-hybridized carbons (Fsp3) is 0.333. The van der Waals surface area contributed by atoms with Crippen LogP contribution in [0.25, 0.3) is 0 Å². The number of para-hydroxylation sites is 1. The van der Waals surface area contributed by atoms with Crippen LogP contribution in [-0.4, -0.2) is 31.4 Å². The van der Waals surface area contributed by atoms with E-state index in [1.807, 2.05) is 36.4 Å². The van der Waals surface area contributed by atoms with E-state index in [4.69, 9.17) is 11.6 Å². The molecule has 2 amide bonds. The van der Waals surface area contributed by atoms with Crippen LogP contribution in [0.2, 0.25) is 5.02 Å². The Morgan fingerprint density at radius 1 is 1.07 bits per heavy atom. The maximum absolute atomic E-state index is 12.3. The minimum Gasteiger partial charge on any atom is -0.372 e. The Kier molecular flexibility index (Phi) is 6.35. The Morgan fingerprint density at radius 3 is 2.37 bits per heavy atom. The fourth-order valence-electron chi connectivity index (χ4n) is 3.29. The second-order valence-corrected chi connectivity index (χ2v) is 7.07. The molecule has 1 aliphatic heterocycles. The smallest absolute Gasteiger partial charge is 0.226 e. The van der Waals surface area contributed by atoms with Crippen molar-refractivity contribution in [1.82, 2.24) is 0 Å². The molecule has 1 saturated heterocycles. The van der Waals surface area contributed by atoms with Crippen LogP contribution >= 0.6 is 11.6 Å². The first kappa shape index (κ1) is 19.2. The molecule has 2 aromatic carbocycles. The number of benzene rings is 2. The molecule has 0 spiro atoms. The first-order chi connectivity index (χ1) is 13.0. The summed E-state index contributed by atoms with van der Waals surface area (Å²) in [5.74, 6) is -0.284. The van der Waals surface area contributed by atoms with Crippen LogP contribution in [0.1, 0.15) is 26.2 Å². The zero-order chi connectivity index (χ0) is 19.2. The largest absolute Gasteiger partial charge is 0.372 e. The summed E-state index contributed by atoms with van der Waals surface area (Å²) in [5, 5.41) is 3.38. The normalized spacial score (nSPS) is 13.5. The molecule has 0 atom stereocenters. The summed E-state index contributed by atoms with van der Waals surface area (Å²) in [6.07, 6.45) is 2.66. The second kappa shape index (κ2) is 8.91. The van der Waals surface area contributed by atoms with Crippen molar-refractivity contribution in [1.29, 1.82) is 0 Å². The van der Waals surface area contributed by atoms with Crippen LogP contribution in [0.15, 0.2) is 48.5 Å². The van der Waals surface area contributed by atoms with E-state index in [1.54, 1.807) is 12.1 Å². The van der Waals surface area contributed by atoms with Crippen molar-refractivity contribution in [2.45, 2.75) is 26.2 Å². The van der Waals surface area contributed by atoms with Gasteiger partial charge in [0.05, 0.1) is 10.7 Å². The van der Waals surface area contributed by atoms with E-state index in [2.05, 4.69) is 10.2 Å². The fourth-order valence-corrected chi connectivity index (χ4v) is 3.52. The van der Waals surface area contributed by atoms with Crippen molar-refractivity contribution in [3.05, 3.63) is 53.6 Å². The number of halogens is 1. The summed E-state index contributed by atoms with van der Waals surface area (Å²) in [6, 6.07) is 15.0. The Bertz CT molecular complexity index is 801. The van der Waals surface area contributed by atoms with Gasteiger partial charge >= 0.3 is 0 Å². The Balaban J connectivity index is 1.56. The van der Waals surface area contributed by atoms with Crippen LogP contribution in [0, 0.1) is 0 Å². The quantitative estimate of drug-likeness (QED) is 0.805. The highest BCUT2D eigenvalue weighted by Crippen LogP contribution is 2.26. The molecule has 2 aromatic rings. The lowest BCUT2D eigenvalue weighted by atomic mass is 10.2. The molecule has 3 rings (SSSR count). The Hall–Kier alpha value is -2.53. The van der Waals surface area contributed by atoms with E-state index < -0.39 is 0 Å². The van der Waals surface area contributed by atoms with Gasteiger partial charge in [0.1, 0.15) is 0 Å². The Morgan fingerprint density at radius 2 is 1.74 bits per heavy atom. The van der Waals surface area contributed by atoms with Gasteiger partial charge < -0.3 is 15.1 Å². The molecule has 0 saturated carbocycles. The van der Waals surface area contributed by atoms with Crippen molar-refractivity contribution in [3.63, 3.8) is 0 Å². The van der Waals surface area contributed by atoms with Gasteiger partial charge in [0.15, 0.2) is 0 Å². The summed E-state index contributed by atoms with van der Waals surface area (Å²) in [7, 11) is 0. The van der Waals surface area contributed by atoms with Crippen molar-refractivity contribution >= 4 is 40.5 Å². The summed E-state index contributed by atoms with van der Waals surface area (Å²) >= 11 is 6.18. The molecular formula is C21H24ClN3O2. The van der Waals surface area contributed by atoms with E-state index in [9.17, 15) is 9.59 Å². The summed E-state index contributed by atoms with van der Waals surface area (Å²) < 4.78 is 0. The topological polar surface area (TPSA) is 52.7 Å². The summed E-state index contributed by atoms with van der Waals surface area (Å²) in [4.78, 5) is 28.1. The predicted octanol–water partition coefficient (Wildman–Crippen LogP) is 4.32. The van der Waals surface area contributed by atoms with E-state index in [-0.39, 0.29) is 24.8 Å². The lowest BCUT2D eigenvalue weighted by molar-refractivity contribution is -0.117. The van der Waals surface area contributed by atoms with Gasteiger partial charge in [-0.15, -0.1) is 0 Å². The highest BCUT2D eigenvalue weighted by molar-refractivity contribution is 6.33. The predicted molar refractivity (Wildman–Crippen MR) is 111 cm³/mol. The number of nitrogens with one attached hydrogen (secondary N) is 1. The number of hydrogen-bond acceptors (Lipinski definition) is 3. The molecule has 1 heterocycles. The molecular weight excluding hydrogens is 362 g/mol. The molecule has 142 valence electrons. The summed E-state index contributed by atoms with van der Waals surface area (Å²) in [6.45, 7) is 3.93. The minimum absolute atomic E-state index is 0.137. The van der Waals surface area contributed by atoms with Crippen LogP contribution in [-0.2, 0) is 9.59 Å². The average Bonchev–Trinajstić information content (AvgIpc) is 3.18. The molecule has 1 N–H and O–H groups in total. The van der Waals surface area contributed by atoms with Gasteiger partial charge in [0, 0.05) is 44.4 Å². The standard InChI is InChI=1S/C21H24ClN3O2/c1-16(26)25(20-7-3-2-6-19(20)22)15-12-21(27)23-17-8-10-18(11-9-17)24-13-4-5-14-24/h2-3,6-11H,4-5,12-15H2,1H3,(H,23,27). The van der Waals surface area contributed by atoms with Gasteiger partial charge in [-0.05, 0) is 49.2 Å². The van der Waals surface area contributed by atoms with E-state index in [0.29, 0.717) is 10.7 Å². The third-order valence-corrected chi connectivity index (χ3v) is 5.03. The van der Waals surface area contributed by atoms with Crippen molar-refractivity contribution in [2.24, 2.45) is 0 Å². The lowest BCUT2D eigenvalue weighted by Gasteiger charge is -2.22. The third-order valence-electron chi connectivity index (χ3n) is 4.71. The average molecular weight is 386 g/mol. The zero-order valence-electron chi connectivity index (χ0n) is 15.5. The SMILES string of the molecule is CC(=O)N(CCC(=O)Nc1ccc(N2CCCC2)cc1)c1ccccc1Cl. The van der Waals surface area contributed by atoms with Gasteiger partial charge in [-0.3, -0.25) is 9.59 Å². The first-order valence-electron chi connectivity index (χ1n) is 9.22. The summed E-state index contributed by atoms with van der Waals surface area (Å²) in [5.41, 5.74) is 2.57. The highest BCUT2D eigenvalue weighted by Gasteiger charge is 2.16. The number of rotatable bonds is 6. The monoisotopic (exact) mass is 385 g/mol. The molecule has 27 heavy (non-hydrogen) atoms. The van der Waals surface area contributed by atoms with Crippen LogP contribution in [0.3, 0.4) is 0 Å². The van der Waals surface area contributed by atoms with E-state index in [1.165, 1.54) is 30.4 Å². The van der Waals surface area contributed by atoms with Crippen LogP contribution < -0.4 is 15.1 Å². The van der Waals surface area contributed by atoms with Crippen molar-refractivity contribution in [2.75, 3.05) is 34.8 Å². The van der Waals surface area contributed by atoms with Gasteiger partial charge in [0.25, 0.3) is 0 Å². The van der Waals surface area contributed by atoms with Crippen molar-refractivity contribution in [3.8, 4) is 0 Å². The number of carbonyl (C=O) groups excluding carboxylic acids is 2. The molecule has 0 aromatic heterocycles. The third kappa shape index (κ3) is 5.01. The molecule has 0 unspecified atom stereocenters. The molecule has 1 aliphatic rings. The minimum atomic E-state index is -0.147. The van der Waals surface area contributed by atoms with Gasteiger partial charge in [-0.2, -0.15) is 0 Å². The first-order valence-corrected chi connectivity index (χ1v) is 9.60. The van der Waals surface area contributed by atoms with Gasteiger partial charge in [-0.1, -0.05) is 23.7 Å². The second-order valence-electron chi connectivity index (χ2n) is 6.66. The lowest BCUT2D eigenvalue weighted by Crippen LogP contribution is -2.32. The van der Waals surface area contributed by atoms with Gasteiger partial charge in [0.2, 0.25) is 11.8 Å². The number of hydrogen-bond donors (Lipinski definition) is 1. The molecule has 5 nitrogen and oxygen atoms in total. The van der Waals surface area contributed by atoms with Crippen LogP contribution in [0.5, 0.6) is 0 Å². The Labute approximate surface area is 164 Å². The van der Waals surface area contributed by atoms with Crippen LogP contribution in [0.4, 0.5) is 17.1 Å². The van der Waals surface area contributed by atoms with E-state index >= 15 is 0 Å². The zero-order valence-corrected chi connectivity index (χ0v) is 16.2. The van der Waals surface area contributed by atoms with Crippen molar-refractivity contribution < 1.29 is 9.59 Å². The highest BCUT2D eigenvalue weighted by atomic mass is 35.5. The maximum Gasteiger partial charge on any atom is 0.226 e. The molecule has 0 bridgehead atoms. The molecule has 6 heteroatoms. The molecule has 0 radical (unpaired) electrons. The molecule has 1 fully saturated rings. The number of nitrogens with zero attached hydrogens (tertiary/aromatic N) is 2. The maximum atomic E-state index is 12.3. The van der Waals surface area contributed by atoms with Gasteiger partial charge in [-0.25, -0.2) is 0 Å².